The van der Waals surface area contributed by atoms with Gasteiger partial charge in [0.05, 0.1) is 29.0 Å². The highest BCUT2D eigenvalue weighted by atomic mass is 79.9. The summed E-state index contributed by atoms with van der Waals surface area (Å²) in [7, 11) is 1.60. The van der Waals surface area contributed by atoms with Crippen LogP contribution in [0.1, 0.15) is 22.7 Å². The van der Waals surface area contributed by atoms with Gasteiger partial charge in [-0.25, -0.2) is 9.96 Å². The van der Waals surface area contributed by atoms with E-state index in [1.807, 2.05) is 80.6 Å². The van der Waals surface area contributed by atoms with E-state index >= 15 is 0 Å². The number of methoxy groups -OCH3 is 1. The summed E-state index contributed by atoms with van der Waals surface area (Å²) in [5.41, 5.74) is 4.18. The largest absolute Gasteiger partial charge is 0.496 e. The number of carbonyl (C=O) groups excluding carboxylic acids is 2. The maximum Gasteiger partial charge on any atom is 0.266 e. The number of hydroxylamine groups is 1. The third-order valence-electron chi connectivity index (χ3n) is 6.24. The van der Waals surface area contributed by atoms with Crippen molar-refractivity contribution in [3.8, 4) is 5.75 Å². The number of aryl methyl sites for hydroxylation is 2. The van der Waals surface area contributed by atoms with Crippen molar-refractivity contribution in [3.63, 3.8) is 0 Å². The van der Waals surface area contributed by atoms with Gasteiger partial charge in [0, 0.05) is 0 Å². The van der Waals surface area contributed by atoms with Crippen LogP contribution in [0, 0.1) is 19.8 Å². The highest BCUT2D eigenvalue weighted by Crippen LogP contribution is 2.48. The molecule has 0 bridgehead atoms. The molecule has 0 saturated carbocycles. The molecule has 0 spiro atoms. The second kappa shape index (κ2) is 8.32. The fourth-order valence-electron chi connectivity index (χ4n) is 4.71. The Kier molecular flexibility index (Phi) is 5.46. The summed E-state index contributed by atoms with van der Waals surface area (Å²) in [5.74, 6) is -0.592. The van der Waals surface area contributed by atoms with Crippen molar-refractivity contribution in [1.29, 1.82) is 0 Å². The van der Waals surface area contributed by atoms with Crippen LogP contribution >= 0.6 is 15.9 Å². The topological polar surface area (TPSA) is 59.1 Å². The number of halogens is 1. The number of hydrogen-bond acceptors (Lipinski definition) is 5. The number of hydrogen-bond donors (Lipinski definition) is 0. The Morgan fingerprint density at radius 3 is 2.36 bits per heavy atom. The molecule has 2 amide bonds. The number of rotatable bonds is 4. The third kappa shape index (κ3) is 3.52. The van der Waals surface area contributed by atoms with Gasteiger partial charge < -0.3 is 4.74 Å². The summed E-state index contributed by atoms with van der Waals surface area (Å²) in [4.78, 5) is 34.7. The predicted octanol–water partition coefficient (Wildman–Crippen LogP) is 5.13. The summed E-state index contributed by atoms with van der Waals surface area (Å²) < 4.78 is 6.14. The van der Waals surface area contributed by atoms with E-state index in [2.05, 4.69) is 15.9 Å². The first-order chi connectivity index (χ1) is 15.9. The van der Waals surface area contributed by atoms with Crippen molar-refractivity contribution in [2.75, 3.05) is 17.1 Å². The van der Waals surface area contributed by atoms with Crippen LogP contribution in [-0.2, 0) is 14.4 Å². The van der Waals surface area contributed by atoms with Crippen LogP contribution < -0.4 is 14.7 Å². The Hall–Kier alpha value is -3.16. The molecule has 33 heavy (non-hydrogen) atoms. The fourth-order valence-corrected chi connectivity index (χ4v) is 5.27. The minimum Gasteiger partial charge on any atom is -0.496 e. The fraction of sp³-hybridized carbons (Fsp3) is 0.231. The Balaban J connectivity index is 1.60. The van der Waals surface area contributed by atoms with E-state index in [0.717, 1.165) is 26.9 Å². The quantitative estimate of drug-likeness (QED) is 0.459. The van der Waals surface area contributed by atoms with E-state index in [-0.39, 0.29) is 11.8 Å². The zero-order valence-corrected chi connectivity index (χ0v) is 20.1. The lowest BCUT2D eigenvalue weighted by atomic mass is 9.90. The molecule has 5 rings (SSSR count). The molecule has 7 heteroatoms. The molecule has 0 radical (unpaired) electrons. The van der Waals surface area contributed by atoms with Gasteiger partial charge in [0.15, 0.2) is 6.10 Å². The molecule has 0 aliphatic carbocycles. The molecule has 3 atom stereocenters. The van der Waals surface area contributed by atoms with Crippen molar-refractivity contribution in [2.45, 2.75) is 26.0 Å². The van der Waals surface area contributed by atoms with Crippen molar-refractivity contribution in [3.05, 3.63) is 87.9 Å². The first kappa shape index (κ1) is 21.7. The van der Waals surface area contributed by atoms with Gasteiger partial charge in [0.25, 0.3) is 5.91 Å². The average Bonchev–Trinajstić information content (AvgIpc) is 3.31. The Labute approximate surface area is 200 Å². The van der Waals surface area contributed by atoms with Gasteiger partial charge in [-0.15, -0.1) is 0 Å². The number of anilines is 2. The number of nitrogens with zero attached hydrogens (tertiary/aromatic N) is 2. The zero-order chi connectivity index (χ0) is 23.3. The molecule has 3 aromatic carbocycles. The molecule has 2 aliphatic rings. The van der Waals surface area contributed by atoms with E-state index in [4.69, 9.17) is 9.57 Å². The van der Waals surface area contributed by atoms with Crippen molar-refractivity contribution < 1.29 is 19.2 Å². The molecule has 2 heterocycles. The first-order valence-electron chi connectivity index (χ1n) is 10.7. The molecule has 3 aromatic rings. The van der Waals surface area contributed by atoms with Crippen LogP contribution in [0.4, 0.5) is 11.4 Å². The summed E-state index contributed by atoms with van der Waals surface area (Å²) in [5, 5.41) is 1.69. The second-order valence-corrected chi connectivity index (χ2v) is 9.21. The smallest absolute Gasteiger partial charge is 0.266 e. The van der Waals surface area contributed by atoms with Gasteiger partial charge in [0.2, 0.25) is 5.91 Å². The number of fused-ring (bicyclic) bond motifs is 1. The van der Waals surface area contributed by atoms with Crippen LogP contribution in [0.5, 0.6) is 5.75 Å². The van der Waals surface area contributed by atoms with E-state index in [1.54, 1.807) is 12.2 Å². The molecule has 2 fully saturated rings. The number of benzene rings is 3. The van der Waals surface area contributed by atoms with Gasteiger partial charge in [-0.3, -0.25) is 14.4 Å². The third-order valence-corrected chi connectivity index (χ3v) is 6.86. The molecule has 2 saturated heterocycles. The Morgan fingerprint density at radius 2 is 1.70 bits per heavy atom. The highest BCUT2D eigenvalue weighted by Gasteiger charge is 2.60. The molecule has 168 valence electrons. The highest BCUT2D eigenvalue weighted by molar-refractivity contribution is 9.10. The maximum atomic E-state index is 13.8. The minimum atomic E-state index is -0.899. The van der Waals surface area contributed by atoms with Crippen LogP contribution in [0.2, 0.25) is 0 Å². The Bertz CT molecular complexity index is 1250. The van der Waals surface area contributed by atoms with Gasteiger partial charge >= 0.3 is 0 Å². The molecule has 0 N–H and O–H groups in total. The Morgan fingerprint density at radius 1 is 0.939 bits per heavy atom. The van der Waals surface area contributed by atoms with Crippen molar-refractivity contribution >= 4 is 39.1 Å². The lowest BCUT2D eigenvalue weighted by Crippen LogP contribution is -2.37. The lowest BCUT2D eigenvalue weighted by molar-refractivity contribution is -0.126. The lowest BCUT2D eigenvalue weighted by Gasteiger charge is -2.29. The number of carbonyl (C=O) groups is 2. The number of para-hydroxylation sites is 1. The summed E-state index contributed by atoms with van der Waals surface area (Å²) in [6.07, 6.45) is -0.899. The van der Waals surface area contributed by atoms with E-state index in [9.17, 15) is 9.59 Å². The van der Waals surface area contributed by atoms with E-state index in [0.29, 0.717) is 11.4 Å². The number of imide groups is 1. The molecular weight excluding hydrogens is 484 g/mol. The van der Waals surface area contributed by atoms with Crippen molar-refractivity contribution in [2.24, 2.45) is 5.92 Å². The summed E-state index contributed by atoms with van der Waals surface area (Å²) >= 11 is 3.55. The molecule has 0 aromatic heterocycles. The van der Waals surface area contributed by atoms with Crippen LogP contribution in [0.25, 0.3) is 0 Å². The molecule has 6 nitrogen and oxygen atoms in total. The van der Waals surface area contributed by atoms with Crippen molar-refractivity contribution in [1.82, 2.24) is 0 Å². The summed E-state index contributed by atoms with van der Waals surface area (Å²) in [6.45, 7) is 3.89. The second-order valence-electron chi connectivity index (χ2n) is 8.35. The molecule has 2 aliphatic heterocycles. The first-order valence-corrected chi connectivity index (χ1v) is 11.5. The number of amides is 2. The predicted molar refractivity (Wildman–Crippen MR) is 129 cm³/mol. The van der Waals surface area contributed by atoms with Gasteiger partial charge in [-0.1, -0.05) is 42.0 Å². The van der Waals surface area contributed by atoms with Crippen LogP contribution in [0.15, 0.2) is 71.2 Å². The van der Waals surface area contributed by atoms with E-state index in [1.165, 1.54) is 4.90 Å². The normalized spacial score (nSPS) is 22.1. The monoisotopic (exact) mass is 506 g/mol. The maximum absolute atomic E-state index is 13.8. The van der Waals surface area contributed by atoms with Gasteiger partial charge in [0.1, 0.15) is 11.7 Å². The van der Waals surface area contributed by atoms with Gasteiger partial charge in [-0.05, 0) is 71.2 Å². The van der Waals surface area contributed by atoms with Crippen LogP contribution in [0.3, 0.4) is 0 Å². The minimum absolute atomic E-state index is 0.257. The SMILES string of the molecule is COc1ccc([C@H]2[C@@H]3C(=O)N(c4ccc(C)cc4C)C(=O)[C@H]3ON2c2ccccc2)cc1Br. The van der Waals surface area contributed by atoms with Gasteiger partial charge in [-0.2, -0.15) is 0 Å². The molecular formula is C26H23BrN2O4. The average molecular weight is 507 g/mol. The number of ether oxygens (including phenoxy) is 1. The zero-order valence-electron chi connectivity index (χ0n) is 18.5. The summed E-state index contributed by atoms with van der Waals surface area (Å²) in [6, 6.07) is 20.4. The van der Waals surface area contributed by atoms with E-state index < -0.39 is 18.1 Å². The molecule has 0 unspecified atom stereocenters. The standard InChI is InChI=1S/C26H23BrN2O4/c1-15-9-11-20(16(2)13-15)28-25(30)22-23(17-10-12-21(32-3)19(27)14-17)29(33-24(22)26(28)31)18-7-5-4-6-8-18/h4-14,22-24H,1-3H3/t22-,23-,24-/m0/s1. The van der Waals surface area contributed by atoms with Crippen LogP contribution in [-0.4, -0.2) is 25.0 Å².